The van der Waals surface area contributed by atoms with Crippen molar-refractivity contribution in [2.45, 2.75) is 13.0 Å². The Hall–Kier alpha value is -2.17. The quantitative estimate of drug-likeness (QED) is 0.795. The van der Waals surface area contributed by atoms with Crippen LogP contribution in [0.5, 0.6) is 0 Å². The molecule has 0 bridgehead atoms. The minimum Gasteiger partial charge on any atom is -0.501 e. The zero-order chi connectivity index (χ0) is 12.6. The maximum absolute atomic E-state index is 13.0. The summed E-state index contributed by atoms with van der Waals surface area (Å²) in [6, 6.07) is 5.34. The van der Waals surface area contributed by atoms with Crippen molar-refractivity contribution in [3.8, 4) is 0 Å². The SMILES string of the molecule is CC(=O)C1=C(O)C(=O)O[C@H]1c1cccc(F)c1. The van der Waals surface area contributed by atoms with Crippen molar-refractivity contribution in [2.75, 3.05) is 0 Å². The third-order valence-electron chi connectivity index (χ3n) is 2.47. The highest BCUT2D eigenvalue weighted by atomic mass is 19.1. The number of aliphatic hydroxyl groups is 1. The Balaban J connectivity index is 2.47. The van der Waals surface area contributed by atoms with Gasteiger partial charge in [-0.15, -0.1) is 0 Å². The van der Waals surface area contributed by atoms with Crippen LogP contribution in [0.3, 0.4) is 0 Å². The number of rotatable bonds is 2. The molecule has 1 atom stereocenters. The van der Waals surface area contributed by atoms with Crippen LogP contribution in [0.4, 0.5) is 4.39 Å². The summed E-state index contributed by atoms with van der Waals surface area (Å²) in [6.45, 7) is 1.21. The normalized spacial score (nSPS) is 19.4. The highest BCUT2D eigenvalue weighted by Crippen LogP contribution is 2.34. The lowest BCUT2D eigenvalue weighted by Gasteiger charge is -2.11. The maximum atomic E-state index is 13.0. The molecule has 0 fully saturated rings. The van der Waals surface area contributed by atoms with Gasteiger partial charge in [0.05, 0.1) is 5.57 Å². The van der Waals surface area contributed by atoms with Gasteiger partial charge in [-0.05, 0) is 19.1 Å². The van der Waals surface area contributed by atoms with E-state index in [2.05, 4.69) is 0 Å². The molecule has 2 rings (SSSR count). The van der Waals surface area contributed by atoms with Crippen LogP contribution < -0.4 is 0 Å². The number of esters is 1. The van der Waals surface area contributed by atoms with Gasteiger partial charge in [-0.3, -0.25) is 4.79 Å². The van der Waals surface area contributed by atoms with E-state index in [-0.39, 0.29) is 5.57 Å². The number of hydrogen-bond acceptors (Lipinski definition) is 4. The van der Waals surface area contributed by atoms with Crippen molar-refractivity contribution < 1.29 is 23.8 Å². The first-order valence-electron chi connectivity index (χ1n) is 4.91. The van der Waals surface area contributed by atoms with Crippen molar-refractivity contribution in [1.29, 1.82) is 0 Å². The number of cyclic esters (lactones) is 1. The van der Waals surface area contributed by atoms with Gasteiger partial charge in [0.1, 0.15) is 5.82 Å². The molecule has 1 aromatic carbocycles. The van der Waals surface area contributed by atoms with Crippen molar-refractivity contribution in [1.82, 2.24) is 0 Å². The van der Waals surface area contributed by atoms with E-state index in [9.17, 15) is 19.1 Å². The summed E-state index contributed by atoms with van der Waals surface area (Å²) < 4.78 is 17.9. The fraction of sp³-hybridized carbons (Fsp3) is 0.167. The number of hydrogen-bond donors (Lipinski definition) is 1. The molecule has 1 aliphatic rings. The molecule has 1 N–H and O–H groups in total. The van der Waals surface area contributed by atoms with Crippen LogP contribution in [0.15, 0.2) is 35.6 Å². The first kappa shape index (κ1) is 11.3. The van der Waals surface area contributed by atoms with E-state index in [1.165, 1.54) is 25.1 Å². The zero-order valence-electron chi connectivity index (χ0n) is 8.94. The average molecular weight is 236 g/mol. The van der Waals surface area contributed by atoms with E-state index < -0.39 is 29.4 Å². The van der Waals surface area contributed by atoms with Crippen molar-refractivity contribution in [3.05, 3.63) is 47.0 Å². The van der Waals surface area contributed by atoms with E-state index in [4.69, 9.17) is 4.74 Å². The summed E-state index contributed by atoms with van der Waals surface area (Å²) in [7, 11) is 0. The molecule has 0 amide bonds. The van der Waals surface area contributed by atoms with E-state index >= 15 is 0 Å². The second-order valence-electron chi connectivity index (χ2n) is 3.66. The number of benzene rings is 1. The molecule has 17 heavy (non-hydrogen) atoms. The molecule has 0 aliphatic carbocycles. The van der Waals surface area contributed by atoms with Crippen molar-refractivity contribution in [2.24, 2.45) is 0 Å². The van der Waals surface area contributed by atoms with Crippen molar-refractivity contribution >= 4 is 11.8 Å². The highest BCUT2D eigenvalue weighted by molar-refractivity contribution is 6.05. The van der Waals surface area contributed by atoms with Gasteiger partial charge in [-0.2, -0.15) is 0 Å². The maximum Gasteiger partial charge on any atom is 0.374 e. The number of aliphatic hydroxyl groups excluding tert-OH is 1. The second-order valence-corrected chi connectivity index (χ2v) is 3.66. The smallest absolute Gasteiger partial charge is 0.374 e. The molecule has 1 aliphatic heterocycles. The molecule has 0 radical (unpaired) electrons. The van der Waals surface area contributed by atoms with Crippen LogP contribution in [0, 0.1) is 5.82 Å². The highest BCUT2D eigenvalue weighted by Gasteiger charge is 2.37. The molecule has 0 aromatic heterocycles. The number of Topliss-reactive ketones (excluding diaryl/α,β-unsaturated/α-hetero) is 1. The Morgan fingerprint density at radius 2 is 2.18 bits per heavy atom. The van der Waals surface area contributed by atoms with Gasteiger partial charge >= 0.3 is 5.97 Å². The number of carbonyl (C=O) groups is 2. The lowest BCUT2D eigenvalue weighted by atomic mass is 9.99. The van der Waals surface area contributed by atoms with Crippen LogP contribution in [-0.4, -0.2) is 16.9 Å². The molecule has 0 saturated carbocycles. The Morgan fingerprint density at radius 3 is 2.76 bits per heavy atom. The largest absolute Gasteiger partial charge is 0.501 e. The summed E-state index contributed by atoms with van der Waals surface area (Å²) >= 11 is 0. The third kappa shape index (κ3) is 1.91. The van der Waals surface area contributed by atoms with Gasteiger partial charge in [0.15, 0.2) is 11.9 Å². The van der Waals surface area contributed by atoms with Gasteiger partial charge in [0.2, 0.25) is 5.76 Å². The first-order valence-corrected chi connectivity index (χ1v) is 4.91. The molecule has 0 spiro atoms. The number of ether oxygens (including phenoxy) is 1. The standard InChI is InChI=1S/C12H9FO4/c1-6(14)9-10(15)12(16)17-11(9)7-3-2-4-8(13)5-7/h2-5,11,15H,1H3/t11-/m0/s1. The average Bonchev–Trinajstić information content (AvgIpc) is 2.55. The number of ketones is 1. The lowest BCUT2D eigenvalue weighted by molar-refractivity contribution is -0.142. The van der Waals surface area contributed by atoms with Gasteiger partial charge in [-0.1, -0.05) is 12.1 Å². The third-order valence-corrected chi connectivity index (χ3v) is 2.47. The van der Waals surface area contributed by atoms with Gasteiger partial charge < -0.3 is 9.84 Å². The lowest BCUT2D eigenvalue weighted by Crippen LogP contribution is -2.08. The fourth-order valence-corrected chi connectivity index (χ4v) is 1.71. The van der Waals surface area contributed by atoms with Crippen LogP contribution in [0.2, 0.25) is 0 Å². The summed E-state index contributed by atoms with van der Waals surface area (Å²) in [5.74, 6) is -2.66. The van der Waals surface area contributed by atoms with Crippen molar-refractivity contribution in [3.63, 3.8) is 0 Å². The number of carbonyl (C=O) groups excluding carboxylic acids is 2. The molecule has 88 valence electrons. The van der Waals surface area contributed by atoms with Crippen LogP contribution >= 0.6 is 0 Å². The van der Waals surface area contributed by atoms with Crippen LogP contribution in [-0.2, 0) is 14.3 Å². The van der Waals surface area contributed by atoms with E-state index in [1.807, 2.05) is 0 Å². The Labute approximate surface area is 96.3 Å². The van der Waals surface area contributed by atoms with Gasteiger partial charge in [0, 0.05) is 5.56 Å². The van der Waals surface area contributed by atoms with Gasteiger partial charge in [0.25, 0.3) is 0 Å². The predicted molar refractivity (Wildman–Crippen MR) is 55.6 cm³/mol. The van der Waals surface area contributed by atoms with Crippen LogP contribution in [0.1, 0.15) is 18.6 Å². The van der Waals surface area contributed by atoms with E-state index in [0.29, 0.717) is 5.56 Å². The van der Waals surface area contributed by atoms with E-state index in [1.54, 1.807) is 0 Å². The molecule has 1 aromatic rings. The summed E-state index contributed by atoms with van der Waals surface area (Å²) in [6.07, 6.45) is -1.03. The molecule has 0 unspecified atom stereocenters. The minimum absolute atomic E-state index is 0.138. The van der Waals surface area contributed by atoms with Gasteiger partial charge in [-0.25, -0.2) is 9.18 Å². The Morgan fingerprint density at radius 1 is 1.47 bits per heavy atom. The monoisotopic (exact) mass is 236 g/mol. The molecule has 0 saturated heterocycles. The Kier molecular flexibility index (Phi) is 2.67. The molecule has 4 nitrogen and oxygen atoms in total. The Bertz CT molecular complexity index is 533. The molecule has 1 heterocycles. The molecular formula is C12H9FO4. The first-order chi connectivity index (χ1) is 8.00. The van der Waals surface area contributed by atoms with Crippen LogP contribution in [0.25, 0.3) is 0 Å². The molecule has 5 heteroatoms. The molecular weight excluding hydrogens is 227 g/mol. The minimum atomic E-state index is -1.03. The summed E-state index contributed by atoms with van der Waals surface area (Å²) in [5.41, 5.74) is 0.174. The predicted octanol–water partition coefficient (Wildman–Crippen LogP) is 1.82. The fourth-order valence-electron chi connectivity index (χ4n) is 1.71. The van der Waals surface area contributed by atoms with E-state index in [0.717, 1.165) is 6.07 Å². The number of halogens is 1. The summed E-state index contributed by atoms with van der Waals surface area (Å²) in [5, 5.41) is 9.42. The topological polar surface area (TPSA) is 63.6 Å². The zero-order valence-corrected chi connectivity index (χ0v) is 8.94. The summed E-state index contributed by atoms with van der Waals surface area (Å²) in [4.78, 5) is 22.5. The second kappa shape index (κ2) is 4.01.